The third-order valence-electron chi connectivity index (χ3n) is 5.95. The molecule has 1 fully saturated rings. The summed E-state index contributed by atoms with van der Waals surface area (Å²) in [6, 6.07) is 11.1. The maximum absolute atomic E-state index is 13.2. The predicted molar refractivity (Wildman–Crippen MR) is 128 cm³/mol. The van der Waals surface area contributed by atoms with E-state index in [9.17, 15) is 14.7 Å². The van der Waals surface area contributed by atoms with Crippen LogP contribution in [0.2, 0.25) is 5.02 Å². The minimum atomic E-state index is -0.756. The molecular formula is C25H29ClN2O5. The van der Waals surface area contributed by atoms with E-state index in [-0.39, 0.29) is 21.9 Å². The van der Waals surface area contributed by atoms with Crippen molar-refractivity contribution < 1.29 is 24.2 Å². The molecule has 8 heteroatoms. The average Bonchev–Trinajstić information content (AvgIpc) is 3.09. The van der Waals surface area contributed by atoms with Gasteiger partial charge in [-0.25, -0.2) is 0 Å². The zero-order valence-electron chi connectivity index (χ0n) is 19.3. The van der Waals surface area contributed by atoms with E-state index in [4.69, 9.17) is 21.1 Å². The van der Waals surface area contributed by atoms with Gasteiger partial charge in [0.05, 0.1) is 30.9 Å². The Kier molecular flexibility index (Phi) is 8.00. The summed E-state index contributed by atoms with van der Waals surface area (Å²) >= 11 is 6.34. The minimum Gasteiger partial charge on any atom is -0.507 e. The first-order valence-corrected chi connectivity index (χ1v) is 11.2. The fourth-order valence-electron chi connectivity index (χ4n) is 3.99. The van der Waals surface area contributed by atoms with Crippen molar-refractivity contribution in [2.75, 3.05) is 40.4 Å². The van der Waals surface area contributed by atoms with Gasteiger partial charge in [-0.3, -0.25) is 9.59 Å². The highest BCUT2D eigenvalue weighted by Gasteiger charge is 2.46. The molecule has 2 aromatic rings. The number of likely N-dealkylation sites (N-methyl/N-ethyl adjacent to an activating group) is 1. The Morgan fingerprint density at radius 3 is 2.21 bits per heavy atom. The van der Waals surface area contributed by atoms with Crippen LogP contribution in [0, 0.1) is 0 Å². The normalized spacial score (nSPS) is 17.6. The molecule has 33 heavy (non-hydrogen) atoms. The number of nitrogens with zero attached hydrogens (tertiary/aromatic N) is 2. The highest BCUT2D eigenvalue weighted by molar-refractivity contribution is 6.47. The summed E-state index contributed by atoms with van der Waals surface area (Å²) in [5, 5.41) is 11.5. The molecule has 0 radical (unpaired) electrons. The number of methoxy groups -OCH3 is 2. The monoisotopic (exact) mass is 472 g/mol. The zero-order valence-corrected chi connectivity index (χ0v) is 20.1. The van der Waals surface area contributed by atoms with Gasteiger partial charge in [-0.2, -0.15) is 0 Å². The lowest BCUT2D eigenvalue weighted by molar-refractivity contribution is -0.140. The number of hydrogen-bond acceptors (Lipinski definition) is 6. The Morgan fingerprint density at radius 2 is 1.64 bits per heavy atom. The first kappa shape index (κ1) is 24.6. The van der Waals surface area contributed by atoms with Crippen LogP contribution in [-0.2, 0) is 9.59 Å². The Morgan fingerprint density at radius 1 is 1.03 bits per heavy atom. The lowest BCUT2D eigenvalue weighted by Crippen LogP contribution is -2.38. The number of aliphatic hydroxyl groups is 1. The summed E-state index contributed by atoms with van der Waals surface area (Å²) in [6.07, 6.45) is 0. The maximum Gasteiger partial charge on any atom is 0.295 e. The average molecular weight is 473 g/mol. The molecule has 1 aliphatic heterocycles. The number of hydrogen-bond donors (Lipinski definition) is 1. The lowest BCUT2D eigenvalue weighted by atomic mass is 9.95. The van der Waals surface area contributed by atoms with Crippen LogP contribution in [0.4, 0.5) is 0 Å². The minimum absolute atomic E-state index is 0.000123. The molecule has 0 aromatic heterocycles. The molecule has 1 N–H and O–H groups in total. The van der Waals surface area contributed by atoms with Gasteiger partial charge in [0.2, 0.25) is 0 Å². The molecule has 0 spiro atoms. The second-order valence-electron chi connectivity index (χ2n) is 7.64. The van der Waals surface area contributed by atoms with Crippen LogP contribution in [-0.4, -0.2) is 67.0 Å². The van der Waals surface area contributed by atoms with E-state index >= 15 is 0 Å². The Balaban J connectivity index is 2.14. The van der Waals surface area contributed by atoms with Crippen molar-refractivity contribution in [3.05, 3.63) is 64.2 Å². The first-order valence-electron chi connectivity index (χ1n) is 10.8. The molecule has 176 valence electrons. The molecule has 0 bridgehead atoms. The molecule has 3 rings (SSSR count). The number of carbonyl (C=O) groups is 2. The van der Waals surface area contributed by atoms with E-state index < -0.39 is 17.7 Å². The molecule has 1 heterocycles. The van der Waals surface area contributed by atoms with Crippen molar-refractivity contribution in [1.29, 1.82) is 0 Å². The smallest absolute Gasteiger partial charge is 0.295 e. The summed E-state index contributed by atoms with van der Waals surface area (Å²) < 4.78 is 10.5. The largest absolute Gasteiger partial charge is 0.507 e. The molecule has 1 aliphatic rings. The summed E-state index contributed by atoms with van der Waals surface area (Å²) in [5.41, 5.74) is 0.922. The highest BCUT2D eigenvalue weighted by Crippen LogP contribution is 2.41. The van der Waals surface area contributed by atoms with Crippen molar-refractivity contribution in [2.45, 2.75) is 19.9 Å². The molecule has 1 amide bonds. The zero-order chi connectivity index (χ0) is 24.1. The molecule has 1 atom stereocenters. The van der Waals surface area contributed by atoms with Gasteiger partial charge in [-0.15, -0.1) is 0 Å². The predicted octanol–water partition coefficient (Wildman–Crippen LogP) is 4.12. The second kappa shape index (κ2) is 10.7. The quantitative estimate of drug-likeness (QED) is 0.336. The van der Waals surface area contributed by atoms with Gasteiger partial charge in [-0.05, 0) is 49.0 Å². The number of halogens is 1. The molecule has 1 saturated heterocycles. The SMILES string of the molecule is CCN(CC)CCN1C(=O)C(=O)/C(=C(/O)c2cc(OC)ccc2Cl)C1c1ccc(OC)cc1. The van der Waals surface area contributed by atoms with Crippen molar-refractivity contribution in [3.8, 4) is 11.5 Å². The number of amides is 1. The fraction of sp³-hybridized carbons (Fsp3) is 0.360. The fourth-order valence-corrected chi connectivity index (χ4v) is 4.20. The van der Waals surface area contributed by atoms with Gasteiger partial charge in [0.25, 0.3) is 11.7 Å². The van der Waals surface area contributed by atoms with E-state index in [1.807, 2.05) is 13.8 Å². The van der Waals surface area contributed by atoms with E-state index in [1.54, 1.807) is 49.6 Å². The number of ketones is 1. The Bertz CT molecular complexity index is 1050. The van der Waals surface area contributed by atoms with Gasteiger partial charge in [0, 0.05) is 18.7 Å². The Hall–Kier alpha value is -3.03. The lowest BCUT2D eigenvalue weighted by Gasteiger charge is -2.28. The van der Waals surface area contributed by atoms with Crippen molar-refractivity contribution in [2.24, 2.45) is 0 Å². The van der Waals surface area contributed by atoms with Crippen molar-refractivity contribution >= 4 is 29.1 Å². The summed E-state index contributed by atoms with van der Waals surface area (Å²) in [5.74, 6) is -0.605. The van der Waals surface area contributed by atoms with E-state index in [2.05, 4.69) is 4.90 Å². The second-order valence-corrected chi connectivity index (χ2v) is 8.05. The highest BCUT2D eigenvalue weighted by atomic mass is 35.5. The van der Waals surface area contributed by atoms with Crippen molar-refractivity contribution in [3.63, 3.8) is 0 Å². The van der Waals surface area contributed by atoms with Crippen LogP contribution in [0.25, 0.3) is 5.76 Å². The van der Waals surface area contributed by atoms with Gasteiger partial charge in [-0.1, -0.05) is 37.6 Å². The number of benzene rings is 2. The van der Waals surface area contributed by atoms with Crippen LogP contribution in [0.5, 0.6) is 11.5 Å². The molecule has 7 nitrogen and oxygen atoms in total. The third kappa shape index (κ3) is 4.99. The number of aliphatic hydroxyl groups excluding tert-OH is 1. The summed E-state index contributed by atoms with van der Waals surface area (Å²) in [4.78, 5) is 29.9. The third-order valence-corrected chi connectivity index (χ3v) is 6.28. The van der Waals surface area contributed by atoms with E-state index in [0.29, 0.717) is 30.2 Å². The van der Waals surface area contributed by atoms with E-state index in [1.165, 1.54) is 12.0 Å². The number of Topliss-reactive ketones (excluding diaryl/α,β-unsaturated/α-hetero) is 1. The van der Waals surface area contributed by atoms with Gasteiger partial charge in [0.15, 0.2) is 0 Å². The molecule has 0 saturated carbocycles. The van der Waals surface area contributed by atoms with Crippen LogP contribution < -0.4 is 9.47 Å². The van der Waals surface area contributed by atoms with Crippen LogP contribution >= 0.6 is 11.6 Å². The topological polar surface area (TPSA) is 79.3 Å². The number of likely N-dealkylation sites (tertiary alicyclic amines) is 1. The van der Waals surface area contributed by atoms with Crippen LogP contribution in [0.3, 0.4) is 0 Å². The summed E-state index contributed by atoms with van der Waals surface area (Å²) in [6.45, 7) is 6.69. The van der Waals surface area contributed by atoms with Crippen molar-refractivity contribution in [1.82, 2.24) is 9.80 Å². The van der Waals surface area contributed by atoms with E-state index in [0.717, 1.165) is 13.1 Å². The molecule has 1 unspecified atom stereocenters. The summed E-state index contributed by atoms with van der Waals surface area (Å²) in [7, 11) is 3.06. The van der Waals surface area contributed by atoms with Crippen LogP contribution in [0.15, 0.2) is 48.0 Å². The maximum atomic E-state index is 13.2. The molecular weight excluding hydrogens is 444 g/mol. The number of rotatable bonds is 9. The van der Waals surface area contributed by atoms with Gasteiger partial charge < -0.3 is 24.4 Å². The standard InChI is InChI=1S/C25H29ClN2O5/c1-5-27(6-2)13-14-28-22(16-7-9-17(32-3)10-8-16)21(24(30)25(28)31)23(29)19-15-18(33-4)11-12-20(19)26/h7-12,15,22,29H,5-6,13-14H2,1-4H3/b23-21+. The first-order chi connectivity index (χ1) is 15.9. The molecule has 0 aliphatic carbocycles. The number of carbonyl (C=O) groups excluding carboxylic acids is 2. The molecule has 2 aromatic carbocycles. The number of ether oxygens (including phenoxy) is 2. The van der Waals surface area contributed by atoms with Crippen LogP contribution in [0.1, 0.15) is 31.0 Å². The Labute approximate surface area is 199 Å². The van der Waals surface area contributed by atoms with Gasteiger partial charge in [0.1, 0.15) is 17.3 Å². The van der Waals surface area contributed by atoms with Gasteiger partial charge >= 0.3 is 0 Å².